The first-order chi connectivity index (χ1) is 12.6. The SMILES string of the molecule is CCOc1ncccc1CNC(=NC)N(C)Cc1csc(C(C)OC)n1. The Balaban J connectivity index is 1.97. The van der Waals surface area contributed by atoms with Gasteiger partial charge in [-0.3, -0.25) is 4.99 Å². The Morgan fingerprint density at radius 2 is 2.27 bits per heavy atom. The molecule has 0 saturated heterocycles. The molecule has 1 atom stereocenters. The molecule has 0 aliphatic rings. The maximum Gasteiger partial charge on any atom is 0.218 e. The molecule has 0 aliphatic heterocycles. The summed E-state index contributed by atoms with van der Waals surface area (Å²) in [4.78, 5) is 15.3. The van der Waals surface area contributed by atoms with Gasteiger partial charge in [0.15, 0.2) is 5.96 Å². The molecule has 142 valence electrons. The van der Waals surface area contributed by atoms with E-state index in [2.05, 4.69) is 25.7 Å². The number of nitrogens with zero attached hydrogens (tertiary/aromatic N) is 4. The lowest BCUT2D eigenvalue weighted by Crippen LogP contribution is -2.38. The Hall–Kier alpha value is -2.19. The second kappa shape index (κ2) is 10.1. The fourth-order valence-corrected chi connectivity index (χ4v) is 3.23. The van der Waals surface area contributed by atoms with Crippen molar-refractivity contribution in [2.75, 3.05) is 27.8 Å². The Morgan fingerprint density at radius 1 is 1.46 bits per heavy atom. The minimum absolute atomic E-state index is 0.0130. The van der Waals surface area contributed by atoms with Crippen LogP contribution in [-0.4, -0.2) is 48.6 Å². The van der Waals surface area contributed by atoms with Crippen LogP contribution in [0.1, 0.15) is 36.2 Å². The molecule has 0 saturated carbocycles. The Bertz CT molecular complexity index is 719. The number of pyridine rings is 1. The van der Waals surface area contributed by atoms with Crippen molar-refractivity contribution in [2.24, 2.45) is 4.99 Å². The predicted molar refractivity (Wildman–Crippen MR) is 105 cm³/mol. The van der Waals surface area contributed by atoms with Crippen LogP contribution in [0.3, 0.4) is 0 Å². The predicted octanol–water partition coefficient (Wildman–Crippen LogP) is 2.85. The molecule has 1 N–H and O–H groups in total. The van der Waals surface area contributed by atoms with E-state index in [0.717, 1.165) is 22.2 Å². The summed E-state index contributed by atoms with van der Waals surface area (Å²) in [7, 11) is 5.45. The van der Waals surface area contributed by atoms with Crippen LogP contribution in [0.15, 0.2) is 28.7 Å². The fourth-order valence-electron chi connectivity index (χ4n) is 2.39. The molecule has 0 amide bonds. The molecule has 2 aromatic rings. The summed E-state index contributed by atoms with van der Waals surface area (Å²) in [6.45, 7) is 5.79. The molecule has 2 aromatic heterocycles. The Kier molecular flexibility index (Phi) is 7.80. The normalized spacial score (nSPS) is 12.7. The molecule has 7 nitrogen and oxygen atoms in total. The highest BCUT2D eigenvalue weighted by Gasteiger charge is 2.13. The number of rotatable bonds is 8. The summed E-state index contributed by atoms with van der Waals surface area (Å²) in [5.41, 5.74) is 1.99. The minimum Gasteiger partial charge on any atom is -0.478 e. The largest absolute Gasteiger partial charge is 0.478 e. The van der Waals surface area contributed by atoms with E-state index >= 15 is 0 Å². The van der Waals surface area contributed by atoms with Crippen LogP contribution in [-0.2, 0) is 17.8 Å². The highest BCUT2D eigenvalue weighted by Crippen LogP contribution is 2.21. The molecule has 2 rings (SSSR count). The summed E-state index contributed by atoms with van der Waals surface area (Å²) < 4.78 is 10.9. The second-order valence-electron chi connectivity index (χ2n) is 5.71. The van der Waals surface area contributed by atoms with Crippen LogP contribution >= 0.6 is 11.3 Å². The molecule has 2 heterocycles. The van der Waals surface area contributed by atoms with E-state index < -0.39 is 0 Å². The lowest BCUT2D eigenvalue weighted by molar-refractivity contribution is 0.119. The fraction of sp³-hybridized carbons (Fsp3) is 0.500. The highest BCUT2D eigenvalue weighted by atomic mass is 32.1. The molecule has 8 heteroatoms. The van der Waals surface area contributed by atoms with Crippen molar-refractivity contribution in [1.82, 2.24) is 20.2 Å². The topological polar surface area (TPSA) is 71.9 Å². The third-order valence-electron chi connectivity index (χ3n) is 3.81. The van der Waals surface area contributed by atoms with Crippen molar-refractivity contribution in [3.63, 3.8) is 0 Å². The number of hydrogen-bond acceptors (Lipinski definition) is 6. The standard InChI is InChI=1S/C18H27N5O2S/c1-6-25-16-14(8-7-9-20-16)10-21-18(19-3)23(4)11-15-12-26-17(22-15)13(2)24-5/h7-9,12-13H,6,10-11H2,1-5H3,(H,19,21). The molecule has 1 unspecified atom stereocenters. The van der Waals surface area contributed by atoms with Gasteiger partial charge in [0.2, 0.25) is 5.88 Å². The van der Waals surface area contributed by atoms with E-state index in [1.165, 1.54) is 0 Å². The van der Waals surface area contributed by atoms with Gasteiger partial charge in [-0.2, -0.15) is 0 Å². The number of nitrogens with one attached hydrogen (secondary N) is 1. The number of ether oxygens (including phenoxy) is 2. The number of aromatic nitrogens is 2. The van der Waals surface area contributed by atoms with E-state index in [1.54, 1.807) is 31.7 Å². The van der Waals surface area contributed by atoms with Crippen LogP contribution in [0.25, 0.3) is 0 Å². The van der Waals surface area contributed by atoms with Gasteiger partial charge in [0.1, 0.15) is 11.1 Å². The average Bonchev–Trinajstić information content (AvgIpc) is 3.11. The molecule has 0 fully saturated rings. The van der Waals surface area contributed by atoms with Gasteiger partial charge in [-0.15, -0.1) is 11.3 Å². The first-order valence-electron chi connectivity index (χ1n) is 8.54. The Labute approximate surface area is 159 Å². The van der Waals surface area contributed by atoms with E-state index in [4.69, 9.17) is 9.47 Å². The molecule has 0 radical (unpaired) electrons. The van der Waals surface area contributed by atoms with E-state index in [1.807, 2.05) is 37.9 Å². The lowest BCUT2D eigenvalue weighted by Gasteiger charge is -2.21. The summed E-state index contributed by atoms with van der Waals surface area (Å²) in [5, 5.41) is 6.39. The Morgan fingerprint density at radius 3 is 2.96 bits per heavy atom. The molecule has 0 aliphatic carbocycles. The van der Waals surface area contributed by atoms with Gasteiger partial charge in [-0.25, -0.2) is 9.97 Å². The third kappa shape index (κ3) is 5.40. The van der Waals surface area contributed by atoms with Crippen LogP contribution in [0.2, 0.25) is 0 Å². The third-order valence-corrected chi connectivity index (χ3v) is 4.87. The maximum atomic E-state index is 5.57. The molecule has 26 heavy (non-hydrogen) atoms. The minimum atomic E-state index is 0.0130. The van der Waals surface area contributed by atoms with E-state index in [0.29, 0.717) is 25.6 Å². The zero-order chi connectivity index (χ0) is 18.9. The number of guanidine groups is 1. The van der Waals surface area contributed by atoms with Crippen LogP contribution in [0, 0.1) is 0 Å². The van der Waals surface area contributed by atoms with Crippen molar-refractivity contribution in [1.29, 1.82) is 0 Å². The van der Waals surface area contributed by atoms with Crippen LogP contribution < -0.4 is 10.1 Å². The molecule has 0 spiro atoms. The summed E-state index contributed by atoms with van der Waals surface area (Å²) in [5.74, 6) is 1.43. The van der Waals surface area contributed by atoms with Gasteiger partial charge >= 0.3 is 0 Å². The van der Waals surface area contributed by atoms with Gasteiger partial charge in [-0.05, 0) is 19.9 Å². The summed E-state index contributed by atoms with van der Waals surface area (Å²) in [6.07, 6.45) is 1.75. The van der Waals surface area contributed by atoms with E-state index in [-0.39, 0.29) is 6.10 Å². The van der Waals surface area contributed by atoms with Crippen molar-refractivity contribution in [2.45, 2.75) is 33.0 Å². The van der Waals surface area contributed by atoms with Gasteiger partial charge in [0.05, 0.1) is 18.8 Å². The maximum absolute atomic E-state index is 5.57. The first kappa shape index (κ1) is 20.1. The van der Waals surface area contributed by atoms with Crippen molar-refractivity contribution in [3.8, 4) is 5.88 Å². The number of aliphatic imine (C=N–C) groups is 1. The molecule has 0 aromatic carbocycles. The quantitative estimate of drug-likeness (QED) is 0.563. The van der Waals surface area contributed by atoms with Gasteiger partial charge in [0.25, 0.3) is 0 Å². The zero-order valence-electron chi connectivity index (χ0n) is 16.0. The summed E-state index contributed by atoms with van der Waals surface area (Å²) in [6, 6.07) is 3.90. The first-order valence-corrected chi connectivity index (χ1v) is 9.42. The second-order valence-corrected chi connectivity index (χ2v) is 6.60. The number of methoxy groups -OCH3 is 1. The zero-order valence-corrected chi connectivity index (χ0v) is 16.8. The van der Waals surface area contributed by atoms with Crippen molar-refractivity contribution in [3.05, 3.63) is 40.0 Å². The monoisotopic (exact) mass is 377 g/mol. The van der Waals surface area contributed by atoms with E-state index in [9.17, 15) is 0 Å². The van der Waals surface area contributed by atoms with Gasteiger partial charge < -0.3 is 19.7 Å². The van der Waals surface area contributed by atoms with Crippen molar-refractivity contribution >= 4 is 17.3 Å². The van der Waals surface area contributed by atoms with Crippen molar-refractivity contribution < 1.29 is 9.47 Å². The lowest BCUT2D eigenvalue weighted by atomic mass is 10.2. The smallest absolute Gasteiger partial charge is 0.218 e. The number of thiazole rings is 1. The summed E-state index contributed by atoms with van der Waals surface area (Å²) >= 11 is 1.61. The molecular weight excluding hydrogens is 350 g/mol. The number of hydrogen-bond donors (Lipinski definition) is 1. The van der Waals surface area contributed by atoms with Gasteiger partial charge in [0, 0.05) is 44.9 Å². The van der Waals surface area contributed by atoms with Crippen LogP contribution in [0.5, 0.6) is 5.88 Å². The van der Waals surface area contributed by atoms with Gasteiger partial charge in [-0.1, -0.05) is 6.07 Å². The average molecular weight is 378 g/mol. The van der Waals surface area contributed by atoms with Crippen LogP contribution in [0.4, 0.5) is 0 Å². The molecular formula is C18H27N5O2S. The highest BCUT2D eigenvalue weighted by molar-refractivity contribution is 7.09. The molecule has 0 bridgehead atoms.